The summed E-state index contributed by atoms with van der Waals surface area (Å²) in [5.74, 6) is 0. The minimum atomic E-state index is -3.60. The lowest BCUT2D eigenvalue weighted by Crippen LogP contribution is -2.18. The second-order valence-electron chi connectivity index (χ2n) is 3.31. The van der Waals surface area contributed by atoms with E-state index in [9.17, 15) is 8.42 Å². The summed E-state index contributed by atoms with van der Waals surface area (Å²) in [4.78, 5) is 3.08. The Bertz CT molecular complexity index is 651. The molecular formula is C11H9ClN2O2S2. The molecule has 94 valence electrons. The van der Waals surface area contributed by atoms with E-state index < -0.39 is 10.0 Å². The third-order valence-electron chi connectivity index (χ3n) is 2.01. The lowest BCUT2D eigenvalue weighted by atomic mass is 10.4. The molecule has 0 atom stereocenters. The Balaban J connectivity index is 2.08. The van der Waals surface area contributed by atoms with Crippen molar-refractivity contribution in [1.82, 2.24) is 4.83 Å². The van der Waals surface area contributed by atoms with E-state index in [-0.39, 0.29) is 4.90 Å². The number of hydrogen-bond acceptors (Lipinski definition) is 4. The van der Waals surface area contributed by atoms with Crippen LogP contribution in [0.25, 0.3) is 0 Å². The molecule has 0 saturated heterocycles. The summed E-state index contributed by atoms with van der Waals surface area (Å²) in [7, 11) is -3.60. The molecule has 7 heteroatoms. The minimum Gasteiger partial charge on any atom is -0.200 e. The van der Waals surface area contributed by atoms with Crippen LogP contribution in [0.3, 0.4) is 0 Å². The fourth-order valence-electron chi connectivity index (χ4n) is 1.21. The van der Waals surface area contributed by atoms with Crippen LogP contribution in [0.15, 0.2) is 52.5 Å². The SMILES string of the molecule is O=S(=O)(N/N=C/c1ccc(Cl)s1)c1ccccc1. The number of nitrogens with zero attached hydrogens (tertiary/aromatic N) is 1. The van der Waals surface area contributed by atoms with E-state index in [1.165, 1.54) is 29.7 Å². The molecule has 1 N–H and O–H groups in total. The first-order valence-corrected chi connectivity index (χ1v) is 7.61. The molecule has 2 rings (SSSR count). The molecule has 0 amide bonds. The van der Waals surface area contributed by atoms with Crippen LogP contribution in [0.5, 0.6) is 0 Å². The molecule has 0 bridgehead atoms. The zero-order valence-corrected chi connectivity index (χ0v) is 11.5. The maximum absolute atomic E-state index is 11.8. The van der Waals surface area contributed by atoms with Crippen molar-refractivity contribution < 1.29 is 8.42 Å². The maximum Gasteiger partial charge on any atom is 0.276 e. The largest absolute Gasteiger partial charge is 0.276 e. The van der Waals surface area contributed by atoms with Gasteiger partial charge < -0.3 is 0 Å². The quantitative estimate of drug-likeness (QED) is 0.697. The van der Waals surface area contributed by atoms with Crippen LogP contribution in [-0.4, -0.2) is 14.6 Å². The van der Waals surface area contributed by atoms with Crippen LogP contribution in [0.4, 0.5) is 0 Å². The number of hydrogen-bond donors (Lipinski definition) is 1. The van der Waals surface area contributed by atoms with E-state index in [2.05, 4.69) is 9.93 Å². The number of nitrogens with one attached hydrogen (secondary N) is 1. The predicted molar refractivity (Wildman–Crippen MR) is 73.7 cm³/mol. The average Bonchev–Trinajstić information content (AvgIpc) is 2.76. The summed E-state index contributed by atoms with van der Waals surface area (Å²) in [6.07, 6.45) is 1.41. The highest BCUT2D eigenvalue weighted by Crippen LogP contribution is 2.19. The Hall–Kier alpha value is -1.37. The van der Waals surface area contributed by atoms with Gasteiger partial charge in [-0.15, -0.1) is 11.3 Å². The lowest BCUT2D eigenvalue weighted by molar-refractivity contribution is 0.584. The molecule has 0 aliphatic rings. The van der Waals surface area contributed by atoms with Crippen LogP contribution < -0.4 is 4.83 Å². The number of benzene rings is 1. The molecule has 4 nitrogen and oxygen atoms in total. The van der Waals surface area contributed by atoms with E-state index in [1.54, 1.807) is 30.3 Å². The molecule has 1 aromatic carbocycles. The molecule has 0 radical (unpaired) electrons. The van der Waals surface area contributed by atoms with Gasteiger partial charge in [0, 0.05) is 4.88 Å². The van der Waals surface area contributed by atoms with Gasteiger partial charge in [-0.25, -0.2) is 4.83 Å². The summed E-state index contributed by atoms with van der Waals surface area (Å²) >= 11 is 7.06. The first-order chi connectivity index (χ1) is 8.58. The van der Waals surface area contributed by atoms with E-state index in [0.29, 0.717) is 4.34 Å². The van der Waals surface area contributed by atoms with Crippen molar-refractivity contribution in [3.05, 3.63) is 51.7 Å². The summed E-state index contributed by atoms with van der Waals surface area (Å²) < 4.78 is 24.2. The first-order valence-electron chi connectivity index (χ1n) is 4.93. The van der Waals surface area contributed by atoms with Crippen LogP contribution in [-0.2, 0) is 10.0 Å². The van der Waals surface area contributed by atoms with Gasteiger partial charge in [-0.3, -0.25) is 0 Å². The van der Waals surface area contributed by atoms with Gasteiger partial charge in [-0.05, 0) is 24.3 Å². The van der Waals surface area contributed by atoms with Gasteiger partial charge in [0.05, 0.1) is 15.4 Å². The Labute approximate surface area is 114 Å². The average molecular weight is 301 g/mol. The lowest BCUT2D eigenvalue weighted by Gasteiger charge is -2.01. The number of hydrazone groups is 1. The molecule has 0 aliphatic heterocycles. The van der Waals surface area contributed by atoms with Crippen LogP contribution >= 0.6 is 22.9 Å². The smallest absolute Gasteiger partial charge is 0.200 e. The zero-order valence-electron chi connectivity index (χ0n) is 9.08. The third-order valence-corrected chi connectivity index (χ3v) is 4.42. The van der Waals surface area contributed by atoms with Gasteiger partial charge in [-0.1, -0.05) is 29.8 Å². The topological polar surface area (TPSA) is 58.5 Å². The first kappa shape index (κ1) is 13.1. The van der Waals surface area contributed by atoms with Gasteiger partial charge in [0.2, 0.25) is 0 Å². The summed E-state index contributed by atoms with van der Waals surface area (Å²) in [5.41, 5.74) is 0. The molecule has 2 aromatic rings. The molecule has 0 unspecified atom stereocenters. The van der Waals surface area contributed by atoms with E-state index in [1.807, 2.05) is 0 Å². The standard InChI is InChI=1S/C11H9ClN2O2S2/c12-11-7-6-9(17-11)8-13-14-18(15,16)10-4-2-1-3-5-10/h1-8,14H/b13-8+. The third kappa shape index (κ3) is 3.32. The Morgan fingerprint density at radius 3 is 2.50 bits per heavy atom. The second kappa shape index (κ2) is 5.51. The number of sulfonamides is 1. The Morgan fingerprint density at radius 2 is 1.89 bits per heavy atom. The molecule has 1 aromatic heterocycles. The van der Waals surface area contributed by atoms with Gasteiger partial charge in [0.25, 0.3) is 10.0 Å². The van der Waals surface area contributed by atoms with Crippen LogP contribution in [0, 0.1) is 0 Å². The van der Waals surface area contributed by atoms with E-state index in [4.69, 9.17) is 11.6 Å². The molecule has 0 saturated carbocycles. The van der Waals surface area contributed by atoms with E-state index >= 15 is 0 Å². The number of thiophene rings is 1. The highest BCUT2D eigenvalue weighted by Gasteiger charge is 2.10. The minimum absolute atomic E-state index is 0.173. The second-order valence-corrected chi connectivity index (χ2v) is 6.72. The van der Waals surface area contributed by atoms with E-state index in [0.717, 1.165) is 4.88 Å². The highest BCUT2D eigenvalue weighted by molar-refractivity contribution is 7.89. The van der Waals surface area contributed by atoms with Crippen molar-refractivity contribution in [3.63, 3.8) is 0 Å². The van der Waals surface area contributed by atoms with Crippen LogP contribution in [0.1, 0.15) is 4.88 Å². The maximum atomic E-state index is 11.8. The molecular weight excluding hydrogens is 292 g/mol. The van der Waals surface area contributed by atoms with Crippen molar-refractivity contribution in [1.29, 1.82) is 0 Å². The monoisotopic (exact) mass is 300 g/mol. The zero-order chi connectivity index (χ0) is 13.0. The highest BCUT2D eigenvalue weighted by atomic mass is 35.5. The van der Waals surface area contributed by atoms with Crippen LogP contribution in [0.2, 0.25) is 4.34 Å². The van der Waals surface area contributed by atoms with Gasteiger partial charge in [0.15, 0.2) is 0 Å². The van der Waals surface area contributed by atoms with Crippen molar-refractivity contribution in [2.24, 2.45) is 5.10 Å². The fourth-order valence-corrected chi connectivity index (χ4v) is 2.95. The van der Waals surface area contributed by atoms with Crippen molar-refractivity contribution in [2.45, 2.75) is 4.90 Å². The molecule has 1 heterocycles. The van der Waals surface area contributed by atoms with Gasteiger partial charge >= 0.3 is 0 Å². The van der Waals surface area contributed by atoms with Crippen molar-refractivity contribution in [3.8, 4) is 0 Å². The number of halogens is 1. The normalized spacial score (nSPS) is 11.8. The summed E-state index contributed by atoms with van der Waals surface area (Å²) in [6.45, 7) is 0. The van der Waals surface area contributed by atoms with Gasteiger partial charge in [-0.2, -0.15) is 13.5 Å². The Morgan fingerprint density at radius 1 is 1.17 bits per heavy atom. The summed E-state index contributed by atoms with van der Waals surface area (Å²) in [6, 6.07) is 11.5. The number of rotatable bonds is 4. The van der Waals surface area contributed by atoms with Crippen molar-refractivity contribution in [2.75, 3.05) is 0 Å². The molecule has 0 spiro atoms. The molecule has 0 aliphatic carbocycles. The van der Waals surface area contributed by atoms with Crippen molar-refractivity contribution >= 4 is 39.2 Å². The molecule has 18 heavy (non-hydrogen) atoms. The summed E-state index contributed by atoms with van der Waals surface area (Å²) in [5, 5.41) is 3.69. The van der Waals surface area contributed by atoms with Gasteiger partial charge in [0.1, 0.15) is 0 Å². The fraction of sp³-hybridized carbons (Fsp3) is 0. The predicted octanol–water partition coefficient (Wildman–Crippen LogP) is 2.71. The molecule has 0 fully saturated rings. The Kier molecular flexibility index (Phi) is 4.00.